The second-order valence-corrected chi connectivity index (χ2v) is 13.6. The predicted octanol–water partition coefficient (Wildman–Crippen LogP) is 14.5. The fraction of sp³-hybridized carbons (Fsp3) is 0. The van der Waals surface area contributed by atoms with Gasteiger partial charge in [-0.15, -0.1) is 0 Å². The van der Waals surface area contributed by atoms with E-state index in [1.165, 1.54) is 43.8 Å². The molecule has 2 nitrogen and oxygen atoms in total. The van der Waals surface area contributed by atoms with E-state index in [1.807, 2.05) is 12.1 Å². The van der Waals surface area contributed by atoms with E-state index in [1.54, 1.807) is 0 Å². The summed E-state index contributed by atoms with van der Waals surface area (Å²) in [7, 11) is 0. The molecule has 11 rings (SSSR count). The first-order valence-electron chi connectivity index (χ1n) is 17.8. The summed E-state index contributed by atoms with van der Waals surface area (Å²) in [6.45, 7) is 0. The van der Waals surface area contributed by atoms with Crippen LogP contribution in [0.3, 0.4) is 0 Å². The molecule has 2 heterocycles. The zero-order chi connectivity index (χ0) is 34.2. The maximum atomic E-state index is 6.80. The lowest BCUT2D eigenvalue weighted by atomic mass is 9.84. The van der Waals surface area contributed by atoms with Gasteiger partial charge in [0, 0.05) is 27.1 Å². The van der Waals surface area contributed by atoms with Crippen LogP contribution < -0.4 is 0 Å². The molecular formula is C50H30O2. The van der Waals surface area contributed by atoms with E-state index in [2.05, 4.69) is 170 Å². The molecule has 2 aromatic heterocycles. The van der Waals surface area contributed by atoms with Gasteiger partial charge in [-0.2, -0.15) is 0 Å². The Morgan fingerprint density at radius 3 is 1.46 bits per heavy atom. The van der Waals surface area contributed by atoms with Crippen LogP contribution >= 0.6 is 0 Å². The van der Waals surface area contributed by atoms with E-state index in [4.69, 9.17) is 8.83 Å². The molecule has 0 aliphatic carbocycles. The van der Waals surface area contributed by atoms with Gasteiger partial charge in [0.1, 0.15) is 22.3 Å². The smallest absolute Gasteiger partial charge is 0.143 e. The molecule has 0 amide bonds. The Labute approximate surface area is 299 Å². The molecule has 0 radical (unpaired) electrons. The van der Waals surface area contributed by atoms with Gasteiger partial charge in [-0.3, -0.25) is 0 Å². The molecule has 0 saturated heterocycles. The van der Waals surface area contributed by atoms with Crippen molar-refractivity contribution in [1.29, 1.82) is 0 Å². The number of hydrogen-bond acceptors (Lipinski definition) is 2. The van der Waals surface area contributed by atoms with Crippen LogP contribution in [-0.2, 0) is 0 Å². The summed E-state index contributed by atoms with van der Waals surface area (Å²) in [5.41, 5.74) is 12.9. The summed E-state index contributed by atoms with van der Waals surface area (Å²) in [6.07, 6.45) is 0. The van der Waals surface area contributed by atoms with Crippen LogP contribution in [0.2, 0.25) is 0 Å². The third kappa shape index (κ3) is 4.31. The van der Waals surface area contributed by atoms with Crippen molar-refractivity contribution in [2.45, 2.75) is 0 Å². The molecule has 0 aliphatic heterocycles. The lowest BCUT2D eigenvalue weighted by Gasteiger charge is -2.18. The quantitative estimate of drug-likeness (QED) is 0.175. The number of para-hydroxylation sites is 2. The van der Waals surface area contributed by atoms with E-state index in [9.17, 15) is 0 Å². The maximum Gasteiger partial charge on any atom is 0.143 e. The molecular weight excluding hydrogens is 633 g/mol. The summed E-state index contributed by atoms with van der Waals surface area (Å²) in [4.78, 5) is 0. The van der Waals surface area contributed by atoms with Gasteiger partial charge in [-0.1, -0.05) is 152 Å². The van der Waals surface area contributed by atoms with Gasteiger partial charge >= 0.3 is 0 Å². The van der Waals surface area contributed by atoms with Gasteiger partial charge in [0.25, 0.3) is 0 Å². The molecule has 0 fully saturated rings. The second-order valence-electron chi connectivity index (χ2n) is 13.6. The first-order chi connectivity index (χ1) is 25.8. The maximum absolute atomic E-state index is 6.80. The molecule has 0 bridgehead atoms. The van der Waals surface area contributed by atoms with Crippen molar-refractivity contribution in [2.75, 3.05) is 0 Å². The van der Waals surface area contributed by atoms with Crippen LogP contribution in [0.25, 0.3) is 110 Å². The van der Waals surface area contributed by atoms with Gasteiger partial charge in [0.05, 0.1) is 0 Å². The van der Waals surface area contributed by atoms with Gasteiger partial charge < -0.3 is 8.83 Å². The van der Waals surface area contributed by atoms with E-state index in [0.29, 0.717) is 0 Å². The summed E-state index contributed by atoms with van der Waals surface area (Å²) in [5.74, 6) is 0. The number of fused-ring (bicyclic) bond motifs is 8. The Morgan fingerprint density at radius 2 is 0.769 bits per heavy atom. The minimum absolute atomic E-state index is 0.886. The molecule has 2 heteroatoms. The van der Waals surface area contributed by atoms with E-state index in [-0.39, 0.29) is 0 Å². The topological polar surface area (TPSA) is 26.3 Å². The van der Waals surface area contributed by atoms with Crippen molar-refractivity contribution in [3.63, 3.8) is 0 Å². The number of rotatable bonds is 4. The zero-order valence-corrected chi connectivity index (χ0v) is 28.1. The molecule has 242 valence electrons. The summed E-state index contributed by atoms with van der Waals surface area (Å²) in [6, 6.07) is 64.9. The SMILES string of the molecule is c1ccc(-c2c3ccccc3c(-c3ccc(-c4ccc(-c5ccc6c(c5)oc5ccccc56)cc4)c4oc5ccccc5c34)c3ccccc23)cc1. The number of furan rings is 2. The Bertz CT molecular complexity index is 3100. The first kappa shape index (κ1) is 28.9. The van der Waals surface area contributed by atoms with Crippen molar-refractivity contribution in [3.8, 4) is 44.5 Å². The third-order valence-electron chi connectivity index (χ3n) is 10.7. The highest BCUT2D eigenvalue weighted by molar-refractivity contribution is 6.26. The Kier molecular flexibility index (Phi) is 6.28. The largest absolute Gasteiger partial charge is 0.456 e. The van der Waals surface area contributed by atoms with Crippen LogP contribution in [0.4, 0.5) is 0 Å². The fourth-order valence-electron chi connectivity index (χ4n) is 8.35. The molecule has 0 aliphatic rings. The molecule has 0 spiro atoms. The number of benzene rings is 9. The predicted molar refractivity (Wildman–Crippen MR) is 218 cm³/mol. The molecule has 0 atom stereocenters. The molecule has 9 aromatic carbocycles. The van der Waals surface area contributed by atoms with Crippen molar-refractivity contribution >= 4 is 65.4 Å². The highest BCUT2D eigenvalue weighted by atomic mass is 16.3. The number of hydrogen-bond donors (Lipinski definition) is 0. The first-order valence-corrected chi connectivity index (χ1v) is 17.8. The molecule has 0 unspecified atom stereocenters. The van der Waals surface area contributed by atoms with Crippen molar-refractivity contribution in [1.82, 2.24) is 0 Å². The summed E-state index contributed by atoms with van der Waals surface area (Å²) in [5, 5.41) is 9.47. The minimum atomic E-state index is 0.886. The average molecular weight is 663 g/mol. The van der Waals surface area contributed by atoms with Crippen molar-refractivity contribution < 1.29 is 8.83 Å². The zero-order valence-electron chi connectivity index (χ0n) is 28.1. The average Bonchev–Trinajstić information content (AvgIpc) is 3.79. The second kappa shape index (κ2) is 11.3. The van der Waals surface area contributed by atoms with Crippen molar-refractivity contribution in [3.05, 3.63) is 182 Å². The summed E-state index contributed by atoms with van der Waals surface area (Å²) >= 11 is 0. The fourth-order valence-corrected chi connectivity index (χ4v) is 8.35. The molecule has 52 heavy (non-hydrogen) atoms. The van der Waals surface area contributed by atoms with Crippen LogP contribution in [-0.4, -0.2) is 0 Å². The van der Waals surface area contributed by atoms with Gasteiger partial charge in [-0.25, -0.2) is 0 Å². The molecule has 11 aromatic rings. The Morgan fingerprint density at radius 1 is 0.269 bits per heavy atom. The summed E-state index contributed by atoms with van der Waals surface area (Å²) < 4.78 is 13.0. The lowest BCUT2D eigenvalue weighted by molar-refractivity contribution is 0.669. The third-order valence-corrected chi connectivity index (χ3v) is 10.7. The minimum Gasteiger partial charge on any atom is -0.456 e. The standard InChI is InChI=1S/C50H30O2/c1-2-12-33(13-3-1)47-38-15-4-6-17-40(38)48(41-18-7-5-16-39(41)47)43-29-28-35(50-49(43)42-19-9-11-21-45(42)52-50)32-24-22-31(23-25-32)34-26-27-37-36-14-8-10-20-44(36)51-46(37)30-34/h1-30H. The van der Waals surface area contributed by atoms with E-state index < -0.39 is 0 Å². The highest BCUT2D eigenvalue weighted by Gasteiger charge is 2.22. The molecule has 0 N–H and O–H groups in total. The monoisotopic (exact) mass is 662 g/mol. The Balaban J connectivity index is 1.11. The Hall–Kier alpha value is -6.90. The van der Waals surface area contributed by atoms with Gasteiger partial charge in [-0.05, 0) is 90.8 Å². The van der Waals surface area contributed by atoms with Gasteiger partial charge in [0.2, 0.25) is 0 Å². The van der Waals surface area contributed by atoms with E-state index in [0.717, 1.165) is 66.1 Å². The van der Waals surface area contributed by atoms with Crippen LogP contribution in [0, 0.1) is 0 Å². The highest BCUT2D eigenvalue weighted by Crippen LogP contribution is 2.48. The lowest BCUT2D eigenvalue weighted by Crippen LogP contribution is -1.91. The normalized spacial score (nSPS) is 11.8. The van der Waals surface area contributed by atoms with Crippen LogP contribution in [0.5, 0.6) is 0 Å². The van der Waals surface area contributed by atoms with Crippen LogP contribution in [0.15, 0.2) is 191 Å². The van der Waals surface area contributed by atoms with Crippen molar-refractivity contribution in [2.24, 2.45) is 0 Å². The van der Waals surface area contributed by atoms with Crippen LogP contribution in [0.1, 0.15) is 0 Å². The van der Waals surface area contributed by atoms with E-state index >= 15 is 0 Å². The van der Waals surface area contributed by atoms with Gasteiger partial charge in [0.15, 0.2) is 0 Å². The molecule has 0 saturated carbocycles.